The third kappa shape index (κ3) is 3.99. The minimum atomic E-state index is -0.123. The molecule has 1 aliphatic heterocycles. The van der Waals surface area contributed by atoms with Crippen LogP contribution in [0.4, 0.5) is 5.95 Å². The molecule has 4 heterocycles. The van der Waals surface area contributed by atoms with Crippen molar-refractivity contribution in [2.45, 2.75) is 6.10 Å². The number of benzene rings is 1. The molecular formula is C23H21N5O2S. The van der Waals surface area contributed by atoms with Gasteiger partial charge in [-0.05, 0) is 28.6 Å². The van der Waals surface area contributed by atoms with Gasteiger partial charge >= 0.3 is 0 Å². The Morgan fingerprint density at radius 3 is 2.74 bits per heavy atom. The number of morpholine rings is 1. The molecular weight excluding hydrogens is 410 g/mol. The van der Waals surface area contributed by atoms with E-state index in [1.165, 1.54) is 22.8 Å². The molecule has 156 valence electrons. The van der Waals surface area contributed by atoms with Crippen molar-refractivity contribution in [2.75, 3.05) is 24.6 Å². The number of ether oxygens (including phenoxy) is 1. The van der Waals surface area contributed by atoms with Gasteiger partial charge in [0.25, 0.3) is 5.56 Å². The van der Waals surface area contributed by atoms with Crippen molar-refractivity contribution in [1.29, 1.82) is 0 Å². The van der Waals surface area contributed by atoms with Gasteiger partial charge in [-0.2, -0.15) is 0 Å². The van der Waals surface area contributed by atoms with Crippen molar-refractivity contribution in [1.82, 2.24) is 19.5 Å². The molecule has 1 aliphatic rings. The summed E-state index contributed by atoms with van der Waals surface area (Å²) in [6.45, 7) is 1.84. The lowest BCUT2D eigenvalue weighted by Crippen LogP contribution is -2.41. The molecule has 1 unspecified atom stereocenters. The normalized spacial score (nSPS) is 16.4. The Balaban J connectivity index is 1.42. The lowest BCUT2D eigenvalue weighted by molar-refractivity contribution is 0.0390. The van der Waals surface area contributed by atoms with Crippen LogP contribution in [0.15, 0.2) is 71.2 Å². The van der Waals surface area contributed by atoms with E-state index in [1.807, 2.05) is 0 Å². The minimum Gasteiger partial charge on any atom is -0.370 e. The van der Waals surface area contributed by atoms with Gasteiger partial charge in [-0.25, -0.2) is 15.0 Å². The van der Waals surface area contributed by atoms with Crippen LogP contribution in [0.1, 0.15) is 11.7 Å². The number of hydrogen-bond donors (Lipinski definition) is 0. The fourth-order valence-corrected chi connectivity index (χ4v) is 4.45. The van der Waals surface area contributed by atoms with Gasteiger partial charge in [0.1, 0.15) is 12.4 Å². The van der Waals surface area contributed by atoms with Crippen molar-refractivity contribution < 1.29 is 4.74 Å². The molecule has 0 amide bonds. The predicted molar refractivity (Wildman–Crippen MR) is 121 cm³/mol. The van der Waals surface area contributed by atoms with Gasteiger partial charge < -0.3 is 9.64 Å². The number of rotatable bonds is 4. The molecule has 0 saturated carbocycles. The second kappa shape index (κ2) is 8.41. The molecule has 3 aromatic heterocycles. The smallest absolute Gasteiger partial charge is 0.255 e. The van der Waals surface area contributed by atoms with E-state index in [0.717, 1.165) is 5.56 Å². The van der Waals surface area contributed by atoms with Crippen molar-refractivity contribution in [3.8, 4) is 21.8 Å². The van der Waals surface area contributed by atoms with E-state index in [2.05, 4.69) is 56.6 Å². The monoisotopic (exact) mass is 431 g/mol. The fraction of sp³-hybridized carbons (Fsp3) is 0.217. The van der Waals surface area contributed by atoms with Gasteiger partial charge in [0.15, 0.2) is 0 Å². The second-order valence-electron chi connectivity index (χ2n) is 7.34. The summed E-state index contributed by atoms with van der Waals surface area (Å²) in [5.41, 5.74) is 3.36. The molecule has 7 nitrogen and oxygen atoms in total. The van der Waals surface area contributed by atoms with Crippen molar-refractivity contribution in [2.24, 2.45) is 7.05 Å². The zero-order chi connectivity index (χ0) is 21.2. The van der Waals surface area contributed by atoms with Crippen LogP contribution in [-0.2, 0) is 11.8 Å². The van der Waals surface area contributed by atoms with Crippen LogP contribution in [0.25, 0.3) is 21.8 Å². The van der Waals surface area contributed by atoms with Gasteiger partial charge in [-0.15, -0.1) is 11.3 Å². The number of nitrogens with zero attached hydrogens (tertiary/aromatic N) is 5. The first kappa shape index (κ1) is 19.6. The SMILES string of the molecule is Cn1c(N2CCOC(c3ccc(-c4cccs4)cc3)C2)nc(-c2ccncn2)cc1=O. The highest BCUT2D eigenvalue weighted by molar-refractivity contribution is 7.13. The van der Waals surface area contributed by atoms with Gasteiger partial charge in [-0.1, -0.05) is 30.3 Å². The Kier molecular flexibility index (Phi) is 5.31. The molecule has 1 saturated heterocycles. The van der Waals surface area contributed by atoms with E-state index in [4.69, 9.17) is 9.72 Å². The number of thiophene rings is 1. The van der Waals surface area contributed by atoms with E-state index < -0.39 is 0 Å². The van der Waals surface area contributed by atoms with E-state index in [-0.39, 0.29) is 11.7 Å². The maximum absolute atomic E-state index is 12.6. The lowest BCUT2D eigenvalue weighted by atomic mass is 10.0. The van der Waals surface area contributed by atoms with Crippen LogP contribution in [0.5, 0.6) is 0 Å². The van der Waals surface area contributed by atoms with E-state index >= 15 is 0 Å². The lowest BCUT2D eigenvalue weighted by Gasteiger charge is -2.34. The molecule has 31 heavy (non-hydrogen) atoms. The summed E-state index contributed by atoms with van der Waals surface area (Å²) in [6, 6.07) is 15.9. The number of aromatic nitrogens is 4. The Labute approximate surface area is 183 Å². The van der Waals surface area contributed by atoms with Crippen LogP contribution in [0.3, 0.4) is 0 Å². The predicted octanol–water partition coefficient (Wildman–Crippen LogP) is 3.54. The zero-order valence-electron chi connectivity index (χ0n) is 17.0. The van der Waals surface area contributed by atoms with Crippen LogP contribution >= 0.6 is 11.3 Å². The van der Waals surface area contributed by atoms with Crippen molar-refractivity contribution in [3.63, 3.8) is 0 Å². The van der Waals surface area contributed by atoms with Crippen LogP contribution in [0, 0.1) is 0 Å². The Hall–Kier alpha value is -3.36. The summed E-state index contributed by atoms with van der Waals surface area (Å²) in [5, 5.41) is 2.08. The maximum atomic E-state index is 12.6. The molecule has 8 heteroatoms. The maximum Gasteiger partial charge on any atom is 0.255 e. The fourth-order valence-electron chi connectivity index (χ4n) is 3.72. The molecule has 1 aromatic carbocycles. The third-order valence-corrected chi connectivity index (χ3v) is 6.31. The third-order valence-electron chi connectivity index (χ3n) is 5.39. The summed E-state index contributed by atoms with van der Waals surface area (Å²) >= 11 is 1.73. The number of hydrogen-bond acceptors (Lipinski definition) is 7. The minimum absolute atomic E-state index is 0.0919. The highest BCUT2D eigenvalue weighted by atomic mass is 32.1. The topological polar surface area (TPSA) is 73.1 Å². The van der Waals surface area contributed by atoms with Crippen LogP contribution in [0.2, 0.25) is 0 Å². The Morgan fingerprint density at radius 2 is 2.00 bits per heavy atom. The first-order valence-corrected chi connectivity index (χ1v) is 10.9. The molecule has 4 aromatic rings. The van der Waals surface area contributed by atoms with Gasteiger partial charge in [0, 0.05) is 30.7 Å². The number of anilines is 1. The molecule has 0 spiro atoms. The first-order chi connectivity index (χ1) is 15.2. The van der Waals surface area contributed by atoms with Crippen LogP contribution < -0.4 is 10.5 Å². The largest absolute Gasteiger partial charge is 0.370 e. The first-order valence-electron chi connectivity index (χ1n) is 10.0. The van der Waals surface area contributed by atoms with E-state index in [0.29, 0.717) is 37.0 Å². The van der Waals surface area contributed by atoms with E-state index in [9.17, 15) is 4.79 Å². The molecule has 1 atom stereocenters. The highest BCUT2D eigenvalue weighted by Gasteiger charge is 2.25. The summed E-state index contributed by atoms with van der Waals surface area (Å²) in [4.78, 5) is 28.9. The second-order valence-corrected chi connectivity index (χ2v) is 8.29. The quantitative estimate of drug-likeness (QED) is 0.492. The molecule has 0 N–H and O–H groups in total. The van der Waals surface area contributed by atoms with E-state index in [1.54, 1.807) is 35.2 Å². The Morgan fingerprint density at radius 1 is 1.13 bits per heavy atom. The molecule has 0 bridgehead atoms. The zero-order valence-corrected chi connectivity index (χ0v) is 17.8. The van der Waals surface area contributed by atoms with Gasteiger partial charge in [0.2, 0.25) is 5.95 Å². The Bertz CT molecular complexity index is 1220. The molecule has 0 radical (unpaired) electrons. The highest BCUT2D eigenvalue weighted by Crippen LogP contribution is 2.29. The summed E-state index contributed by atoms with van der Waals surface area (Å²) in [5.74, 6) is 0.615. The van der Waals surface area contributed by atoms with Crippen LogP contribution in [-0.4, -0.2) is 39.2 Å². The molecule has 5 rings (SSSR count). The summed E-state index contributed by atoms with van der Waals surface area (Å²) < 4.78 is 7.63. The standard InChI is InChI=1S/C23H21N5O2S/c1-27-22(29)13-19(18-8-9-24-15-25-18)26-23(27)28-10-11-30-20(14-28)16-4-6-17(7-5-16)21-3-2-12-31-21/h2-9,12-13,15,20H,10-11,14H2,1H3. The summed E-state index contributed by atoms with van der Waals surface area (Å²) in [7, 11) is 1.74. The van der Waals surface area contributed by atoms with Gasteiger partial charge in [0.05, 0.1) is 24.5 Å². The van der Waals surface area contributed by atoms with Crippen molar-refractivity contribution in [3.05, 3.63) is 82.4 Å². The molecule has 1 fully saturated rings. The summed E-state index contributed by atoms with van der Waals surface area (Å²) in [6.07, 6.45) is 3.01. The van der Waals surface area contributed by atoms with Crippen molar-refractivity contribution >= 4 is 17.3 Å². The van der Waals surface area contributed by atoms with Gasteiger partial charge in [-0.3, -0.25) is 9.36 Å². The average Bonchev–Trinajstić information content (AvgIpc) is 3.37. The molecule has 0 aliphatic carbocycles. The average molecular weight is 432 g/mol.